The van der Waals surface area contributed by atoms with Gasteiger partial charge in [-0.1, -0.05) is 0 Å². The number of hydrogen-bond acceptors (Lipinski definition) is 3. The fourth-order valence-electron chi connectivity index (χ4n) is 1.77. The lowest BCUT2D eigenvalue weighted by Gasteiger charge is -2.26. The summed E-state index contributed by atoms with van der Waals surface area (Å²) in [5.41, 5.74) is 0.912. The molecule has 0 amide bonds. The summed E-state index contributed by atoms with van der Waals surface area (Å²) in [7, 11) is -0.984. The van der Waals surface area contributed by atoms with Crippen molar-refractivity contribution in [1.29, 1.82) is 5.26 Å². The lowest BCUT2D eigenvalue weighted by molar-refractivity contribution is 0.382. The molecule has 1 unspecified atom stereocenters. The fraction of sp³-hybridized carbons (Fsp3) is 0.417. The molecule has 2 rings (SSSR count). The van der Waals surface area contributed by atoms with E-state index in [1.54, 1.807) is 6.07 Å². The van der Waals surface area contributed by atoms with Crippen molar-refractivity contribution in [2.45, 2.75) is 5.75 Å². The summed E-state index contributed by atoms with van der Waals surface area (Å²) in [5, 5.41) is 11.8. The third-order valence-corrected chi connectivity index (χ3v) is 4.20. The van der Waals surface area contributed by atoms with Crippen LogP contribution in [0.15, 0.2) is 18.2 Å². The van der Waals surface area contributed by atoms with Crippen molar-refractivity contribution in [2.24, 2.45) is 5.92 Å². The predicted octanol–water partition coefficient (Wildman–Crippen LogP) is 1.17. The van der Waals surface area contributed by atoms with Crippen LogP contribution >= 0.6 is 0 Å². The van der Waals surface area contributed by atoms with Crippen molar-refractivity contribution < 1.29 is 8.60 Å². The molecule has 1 aliphatic heterocycles. The first-order valence-corrected chi connectivity index (χ1v) is 6.91. The lowest BCUT2D eigenvalue weighted by atomic mass is 10.1. The predicted molar refractivity (Wildman–Crippen MR) is 64.2 cm³/mol. The lowest BCUT2D eigenvalue weighted by Crippen LogP contribution is -2.44. The minimum Gasteiger partial charge on any atom is -0.316 e. The van der Waals surface area contributed by atoms with Gasteiger partial charge in [0.25, 0.3) is 0 Å². The number of nitrogens with one attached hydrogen (secondary N) is 1. The summed E-state index contributed by atoms with van der Waals surface area (Å²) in [5.74, 6) is 0.995. The van der Waals surface area contributed by atoms with Gasteiger partial charge in [-0.3, -0.25) is 4.21 Å². The Morgan fingerprint density at radius 2 is 2.24 bits per heavy atom. The van der Waals surface area contributed by atoms with Crippen molar-refractivity contribution in [3.8, 4) is 6.07 Å². The molecule has 1 aliphatic rings. The van der Waals surface area contributed by atoms with Crippen LogP contribution in [0.1, 0.15) is 11.1 Å². The van der Waals surface area contributed by atoms with Gasteiger partial charge in [-0.2, -0.15) is 5.26 Å². The average molecular weight is 252 g/mol. The molecule has 0 saturated carbocycles. The van der Waals surface area contributed by atoms with Gasteiger partial charge in [-0.15, -0.1) is 0 Å². The Labute approximate surface area is 102 Å². The Kier molecular flexibility index (Phi) is 3.87. The van der Waals surface area contributed by atoms with Crippen molar-refractivity contribution in [1.82, 2.24) is 5.32 Å². The molecule has 0 aromatic heterocycles. The molecule has 1 aromatic rings. The molecule has 0 radical (unpaired) electrons. The standard InChI is InChI=1S/C12H13FN2OS/c13-12-2-9(4-14)1-10(3-12)7-17(16)8-11-5-15-6-11/h1-3,11,15H,5-8H2. The Hall–Kier alpha value is -1.25. The molecule has 1 atom stereocenters. The molecule has 5 heteroatoms. The SMILES string of the molecule is N#Cc1cc(F)cc(CS(=O)CC2CNC2)c1. The number of halogens is 1. The maximum Gasteiger partial charge on any atom is 0.124 e. The first kappa shape index (κ1) is 12.2. The van der Waals surface area contributed by atoms with Gasteiger partial charge in [0.05, 0.1) is 11.6 Å². The van der Waals surface area contributed by atoms with E-state index < -0.39 is 16.6 Å². The number of benzene rings is 1. The van der Waals surface area contributed by atoms with Gasteiger partial charge >= 0.3 is 0 Å². The highest BCUT2D eigenvalue weighted by Gasteiger charge is 2.19. The maximum atomic E-state index is 13.1. The fourth-order valence-corrected chi connectivity index (χ4v) is 3.19. The first-order valence-electron chi connectivity index (χ1n) is 5.42. The molecule has 1 saturated heterocycles. The number of nitriles is 1. The normalized spacial score (nSPS) is 17.2. The van der Waals surface area contributed by atoms with E-state index in [0.29, 0.717) is 23.0 Å². The second-order valence-electron chi connectivity index (χ2n) is 4.24. The van der Waals surface area contributed by atoms with E-state index in [-0.39, 0.29) is 5.56 Å². The molecule has 3 nitrogen and oxygen atoms in total. The van der Waals surface area contributed by atoms with E-state index in [9.17, 15) is 8.60 Å². The van der Waals surface area contributed by atoms with Crippen molar-refractivity contribution >= 4 is 10.8 Å². The summed E-state index contributed by atoms with van der Waals surface area (Å²) in [6.07, 6.45) is 0. The van der Waals surface area contributed by atoms with Crippen LogP contribution in [0.25, 0.3) is 0 Å². The van der Waals surface area contributed by atoms with Crippen molar-refractivity contribution in [2.75, 3.05) is 18.8 Å². The van der Waals surface area contributed by atoms with Gasteiger partial charge in [0.2, 0.25) is 0 Å². The highest BCUT2D eigenvalue weighted by Crippen LogP contribution is 2.13. The molecule has 1 N–H and O–H groups in total. The monoisotopic (exact) mass is 252 g/mol. The Balaban J connectivity index is 1.99. The van der Waals surface area contributed by atoms with Gasteiger partial charge in [0.1, 0.15) is 5.82 Å². The Morgan fingerprint density at radius 1 is 1.47 bits per heavy atom. The summed E-state index contributed by atoms with van der Waals surface area (Å²) >= 11 is 0. The highest BCUT2D eigenvalue weighted by molar-refractivity contribution is 7.84. The molecule has 0 spiro atoms. The minimum absolute atomic E-state index is 0.280. The maximum absolute atomic E-state index is 13.1. The zero-order chi connectivity index (χ0) is 12.3. The molecule has 1 fully saturated rings. The van der Waals surface area contributed by atoms with Gasteiger partial charge in [0, 0.05) is 35.4 Å². The quantitative estimate of drug-likeness (QED) is 0.875. The zero-order valence-electron chi connectivity index (χ0n) is 9.28. The molecular weight excluding hydrogens is 239 g/mol. The van der Waals surface area contributed by atoms with E-state index >= 15 is 0 Å². The summed E-state index contributed by atoms with van der Waals surface area (Å²) < 4.78 is 24.9. The van der Waals surface area contributed by atoms with Crippen LogP contribution in [-0.4, -0.2) is 23.1 Å². The van der Waals surface area contributed by atoms with Crippen LogP contribution in [0.4, 0.5) is 4.39 Å². The molecular formula is C12H13FN2OS. The molecule has 0 aliphatic carbocycles. The first-order chi connectivity index (χ1) is 8.17. The van der Waals surface area contributed by atoms with Gasteiger partial charge < -0.3 is 5.32 Å². The van der Waals surface area contributed by atoms with E-state index in [1.807, 2.05) is 6.07 Å². The Bertz CT molecular complexity index is 480. The van der Waals surface area contributed by atoms with E-state index in [4.69, 9.17) is 5.26 Å². The molecule has 1 heterocycles. The van der Waals surface area contributed by atoms with Gasteiger partial charge in [-0.05, 0) is 29.7 Å². The third kappa shape index (κ3) is 3.35. The molecule has 0 bridgehead atoms. The topological polar surface area (TPSA) is 52.9 Å². The number of hydrogen-bond donors (Lipinski definition) is 1. The average Bonchev–Trinajstić information content (AvgIpc) is 2.22. The van der Waals surface area contributed by atoms with Crippen LogP contribution in [0.3, 0.4) is 0 Å². The molecule has 90 valence electrons. The van der Waals surface area contributed by atoms with E-state index in [1.165, 1.54) is 12.1 Å². The number of rotatable bonds is 4. The summed E-state index contributed by atoms with van der Waals surface area (Å²) in [6.45, 7) is 1.83. The summed E-state index contributed by atoms with van der Waals surface area (Å²) in [6, 6.07) is 6.02. The molecule has 17 heavy (non-hydrogen) atoms. The van der Waals surface area contributed by atoms with E-state index in [0.717, 1.165) is 13.1 Å². The van der Waals surface area contributed by atoms with Crippen molar-refractivity contribution in [3.05, 3.63) is 35.1 Å². The molecule has 1 aromatic carbocycles. The van der Waals surface area contributed by atoms with Crippen LogP contribution in [0.5, 0.6) is 0 Å². The van der Waals surface area contributed by atoms with Gasteiger partial charge in [0.15, 0.2) is 0 Å². The van der Waals surface area contributed by atoms with Crippen molar-refractivity contribution in [3.63, 3.8) is 0 Å². The van der Waals surface area contributed by atoms with Crippen LogP contribution in [-0.2, 0) is 16.6 Å². The largest absolute Gasteiger partial charge is 0.316 e. The van der Waals surface area contributed by atoms with Crippen LogP contribution in [0.2, 0.25) is 0 Å². The summed E-state index contributed by atoms with van der Waals surface area (Å²) in [4.78, 5) is 0. The third-order valence-electron chi connectivity index (χ3n) is 2.70. The second-order valence-corrected chi connectivity index (χ2v) is 5.74. The minimum atomic E-state index is -0.984. The van der Waals surface area contributed by atoms with Gasteiger partial charge in [-0.25, -0.2) is 4.39 Å². The Morgan fingerprint density at radius 3 is 2.82 bits per heavy atom. The van der Waals surface area contributed by atoms with E-state index in [2.05, 4.69) is 5.32 Å². The highest BCUT2D eigenvalue weighted by atomic mass is 32.2. The smallest absolute Gasteiger partial charge is 0.124 e. The second kappa shape index (κ2) is 5.39. The van der Waals surface area contributed by atoms with Crippen LogP contribution < -0.4 is 5.32 Å². The zero-order valence-corrected chi connectivity index (χ0v) is 10.1. The van der Waals surface area contributed by atoms with Crippen LogP contribution in [0, 0.1) is 23.1 Å². The number of nitrogens with zero attached hydrogens (tertiary/aromatic N) is 1.